The van der Waals surface area contributed by atoms with Crippen LogP contribution >= 0.6 is 0 Å². The number of ether oxygens (including phenoxy) is 1. The molecular formula is C24H35N3O4. The number of oxazole rings is 1. The summed E-state index contributed by atoms with van der Waals surface area (Å²) in [4.78, 5) is 28.6. The van der Waals surface area contributed by atoms with Crippen molar-refractivity contribution in [3.05, 3.63) is 34.3 Å². The normalized spacial score (nSPS) is 23.7. The molecule has 4 rings (SSSR count). The maximum atomic E-state index is 11.9. The van der Waals surface area contributed by atoms with Crippen molar-refractivity contribution in [3.8, 4) is 0 Å². The van der Waals surface area contributed by atoms with Gasteiger partial charge in [-0.25, -0.2) is 9.59 Å². The molecule has 2 fully saturated rings. The Bertz CT molecular complexity index is 942. The number of benzene rings is 1. The quantitative estimate of drug-likeness (QED) is 0.753. The molecule has 2 aromatic rings. The molecular weight excluding hydrogens is 394 g/mol. The van der Waals surface area contributed by atoms with E-state index < -0.39 is 5.60 Å². The number of hydrogen-bond acceptors (Lipinski definition) is 5. The van der Waals surface area contributed by atoms with Crippen molar-refractivity contribution in [2.24, 2.45) is 5.92 Å². The first-order valence-electron chi connectivity index (χ1n) is 11.6. The highest BCUT2D eigenvalue weighted by Crippen LogP contribution is 2.34. The van der Waals surface area contributed by atoms with Crippen LogP contribution in [0.3, 0.4) is 0 Å². The van der Waals surface area contributed by atoms with E-state index in [0.717, 1.165) is 44.3 Å². The molecule has 1 amide bonds. The highest BCUT2D eigenvalue weighted by molar-refractivity contribution is 5.73. The summed E-state index contributed by atoms with van der Waals surface area (Å²) in [5.41, 5.74) is 2.24. The van der Waals surface area contributed by atoms with Crippen molar-refractivity contribution < 1.29 is 13.9 Å². The van der Waals surface area contributed by atoms with Crippen LogP contribution in [0.25, 0.3) is 11.1 Å². The van der Waals surface area contributed by atoms with Gasteiger partial charge in [-0.05, 0) is 102 Å². The highest BCUT2D eigenvalue weighted by Gasteiger charge is 2.30. The first-order valence-corrected chi connectivity index (χ1v) is 11.6. The Hall–Kier alpha value is -2.28. The molecule has 7 heteroatoms. The zero-order chi connectivity index (χ0) is 22.0. The van der Waals surface area contributed by atoms with Crippen LogP contribution in [0.4, 0.5) is 4.79 Å². The lowest BCUT2D eigenvalue weighted by Crippen LogP contribution is -2.44. The third kappa shape index (κ3) is 5.70. The van der Waals surface area contributed by atoms with E-state index in [-0.39, 0.29) is 11.8 Å². The third-order valence-corrected chi connectivity index (χ3v) is 6.71. The van der Waals surface area contributed by atoms with E-state index >= 15 is 0 Å². The number of alkyl carbamates (subject to hydrolysis) is 1. The number of H-pyrrole nitrogens is 1. The average molecular weight is 430 g/mol. The minimum absolute atomic E-state index is 0.311. The first-order chi connectivity index (χ1) is 14.8. The summed E-state index contributed by atoms with van der Waals surface area (Å²) < 4.78 is 10.6. The van der Waals surface area contributed by atoms with Crippen molar-refractivity contribution in [2.45, 2.75) is 76.9 Å². The summed E-state index contributed by atoms with van der Waals surface area (Å²) in [6, 6.07) is 6.76. The van der Waals surface area contributed by atoms with E-state index in [1.54, 1.807) is 0 Å². The van der Waals surface area contributed by atoms with E-state index in [0.29, 0.717) is 30.0 Å². The lowest BCUT2D eigenvalue weighted by Gasteiger charge is -2.41. The van der Waals surface area contributed by atoms with E-state index in [1.165, 1.54) is 18.4 Å². The SMILES string of the molecule is CC(C)(C)OC(=O)NC[C@H]1CC[C@H](N2CCC(c3ccc4[nH]c(=O)oc4c3)CC2)CC1. The van der Waals surface area contributed by atoms with Crippen molar-refractivity contribution in [3.63, 3.8) is 0 Å². The Balaban J connectivity index is 1.21. The fraction of sp³-hybridized carbons (Fsp3) is 0.667. The van der Waals surface area contributed by atoms with Crippen molar-refractivity contribution in [1.29, 1.82) is 0 Å². The van der Waals surface area contributed by atoms with Crippen LogP contribution in [0.5, 0.6) is 0 Å². The Labute approximate surface area is 183 Å². The Morgan fingerprint density at radius 1 is 1.16 bits per heavy atom. The molecule has 0 spiro atoms. The van der Waals surface area contributed by atoms with Gasteiger partial charge in [-0.3, -0.25) is 4.98 Å². The Morgan fingerprint density at radius 3 is 2.55 bits per heavy atom. The minimum Gasteiger partial charge on any atom is -0.444 e. The van der Waals surface area contributed by atoms with E-state index in [1.807, 2.05) is 32.9 Å². The maximum absolute atomic E-state index is 11.9. The number of nitrogens with zero attached hydrogens (tertiary/aromatic N) is 1. The molecule has 2 aliphatic rings. The average Bonchev–Trinajstić information content (AvgIpc) is 3.11. The van der Waals surface area contributed by atoms with Gasteiger partial charge in [0.25, 0.3) is 0 Å². The Kier molecular flexibility index (Phi) is 6.42. The van der Waals surface area contributed by atoms with Gasteiger partial charge in [-0.15, -0.1) is 0 Å². The molecule has 0 radical (unpaired) electrons. The molecule has 1 aliphatic carbocycles. The molecule has 2 N–H and O–H groups in total. The molecule has 170 valence electrons. The molecule has 7 nitrogen and oxygen atoms in total. The van der Waals surface area contributed by atoms with Crippen LogP contribution in [0.2, 0.25) is 0 Å². The molecule has 2 heterocycles. The molecule has 1 aliphatic heterocycles. The van der Waals surface area contributed by atoms with Gasteiger partial charge in [-0.2, -0.15) is 0 Å². The number of hydrogen-bond donors (Lipinski definition) is 2. The topological polar surface area (TPSA) is 87.6 Å². The van der Waals surface area contributed by atoms with Crippen LogP contribution in [0.15, 0.2) is 27.4 Å². The van der Waals surface area contributed by atoms with Gasteiger partial charge in [-0.1, -0.05) is 6.07 Å². The molecule has 1 saturated carbocycles. The largest absolute Gasteiger partial charge is 0.444 e. The second-order valence-electron chi connectivity index (χ2n) is 10.1. The first kappa shape index (κ1) is 21.9. The van der Waals surface area contributed by atoms with Gasteiger partial charge in [0.1, 0.15) is 5.60 Å². The molecule has 0 bridgehead atoms. The molecule has 0 unspecified atom stereocenters. The van der Waals surface area contributed by atoms with Gasteiger partial charge in [0.15, 0.2) is 5.58 Å². The number of aromatic amines is 1. The lowest BCUT2D eigenvalue weighted by molar-refractivity contribution is 0.0506. The standard InChI is InChI=1S/C24H35N3O4/c1-24(2,3)31-22(28)25-15-16-4-7-19(8-5-16)27-12-10-17(11-13-27)18-6-9-20-21(14-18)30-23(29)26-20/h6,9,14,16-17,19H,4-5,7-8,10-13,15H2,1-3H3,(H,25,28)(H,26,29)/t16-,19-. The fourth-order valence-electron chi connectivity index (χ4n) is 5.07. The predicted molar refractivity (Wildman–Crippen MR) is 120 cm³/mol. The summed E-state index contributed by atoms with van der Waals surface area (Å²) in [6.07, 6.45) is 6.68. The number of aromatic nitrogens is 1. The molecule has 1 aromatic carbocycles. The molecule has 1 aromatic heterocycles. The van der Waals surface area contributed by atoms with Gasteiger partial charge in [0.05, 0.1) is 5.52 Å². The van der Waals surface area contributed by atoms with Gasteiger partial charge < -0.3 is 19.4 Å². The van der Waals surface area contributed by atoms with E-state index in [4.69, 9.17) is 9.15 Å². The predicted octanol–water partition coefficient (Wildman–Crippen LogP) is 4.38. The van der Waals surface area contributed by atoms with Crippen LogP contribution < -0.4 is 11.1 Å². The van der Waals surface area contributed by atoms with E-state index in [2.05, 4.69) is 21.3 Å². The van der Waals surface area contributed by atoms with Crippen LogP contribution in [-0.4, -0.2) is 47.3 Å². The maximum Gasteiger partial charge on any atom is 0.417 e. The number of amides is 1. The number of carbonyl (C=O) groups is 1. The number of carbonyl (C=O) groups excluding carboxylic acids is 1. The number of fused-ring (bicyclic) bond motifs is 1. The number of nitrogens with one attached hydrogen (secondary N) is 2. The zero-order valence-electron chi connectivity index (χ0n) is 18.9. The summed E-state index contributed by atoms with van der Waals surface area (Å²) in [7, 11) is 0. The van der Waals surface area contributed by atoms with Crippen LogP contribution in [0, 0.1) is 5.92 Å². The smallest absolute Gasteiger partial charge is 0.417 e. The fourth-order valence-corrected chi connectivity index (χ4v) is 5.07. The van der Waals surface area contributed by atoms with Crippen molar-refractivity contribution in [1.82, 2.24) is 15.2 Å². The monoisotopic (exact) mass is 429 g/mol. The molecule has 0 atom stereocenters. The van der Waals surface area contributed by atoms with Crippen molar-refractivity contribution in [2.75, 3.05) is 19.6 Å². The highest BCUT2D eigenvalue weighted by atomic mass is 16.6. The summed E-state index contributed by atoms with van der Waals surface area (Å²) in [5, 5.41) is 2.94. The number of likely N-dealkylation sites (tertiary alicyclic amines) is 1. The zero-order valence-corrected chi connectivity index (χ0v) is 18.9. The van der Waals surface area contributed by atoms with Crippen LogP contribution in [0.1, 0.15) is 70.8 Å². The lowest BCUT2D eigenvalue weighted by atomic mass is 9.83. The summed E-state index contributed by atoms with van der Waals surface area (Å²) >= 11 is 0. The van der Waals surface area contributed by atoms with Gasteiger partial charge in [0.2, 0.25) is 0 Å². The summed E-state index contributed by atoms with van der Waals surface area (Å²) in [5.74, 6) is 0.679. The minimum atomic E-state index is -0.449. The van der Waals surface area contributed by atoms with Crippen molar-refractivity contribution >= 4 is 17.2 Å². The second kappa shape index (κ2) is 9.07. The van der Waals surface area contributed by atoms with Crippen LogP contribution in [-0.2, 0) is 4.74 Å². The number of rotatable bonds is 4. The van der Waals surface area contributed by atoms with E-state index in [9.17, 15) is 9.59 Å². The van der Waals surface area contributed by atoms with Gasteiger partial charge >= 0.3 is 11.8 Å². The third-order valence-electron chi connectivity index (χ3n) is 6.71. The molecule has 31 heavy (non-hydrogen) atoms. The molecule has 1 saturated heterocycles. The van der Waals surface area contributed by atoms with Gasteiger partial charge in [0, 0.05) is 12.6 Å². The second-order valence-corrected chi connectivity index (χ2v) is 10.1. The number of piperidine rings is 1. The Morgan fingerprint density at radius 2 is 1.87 bits per heavy atom. The summed E-state index contributed by atoms with van der Waals surface area (Å²) in [6.45, 7) is 8.60.